The summed E-state index contributed by atoms with van der Waals surface area (Å²) in [4.78, 5) is 28.3. The number of hydrogen-bond donors (Lipinski definition) is 0. The van der Waals surface area contributed by atoms with Gasteiger partial charge in [0.2, 0.25) is 11.8 Å². The van der Waals surface area contributed by atoms with Crippen molar-refractivity contribution in [3.05, 3.63) is 22.4 Å². The van der Waals surface area contributed by atoms with Crippen molar-refractivity contribution in [2.75, 3.05) is 19.6 Å². The highest BCUT2D eigenvalue weighted by Gasteiger charge is 2.39. The van der Waals surface area contributed by atoms with Crippen molar-refractivity contribution in [1.29, 1.82) is 0 Å². The lowest BCUT2D eigenvalue weighted by Crippen LogP contribution is -2.37. The average molecular weight is 292 g/mol. The summed E-state index contributed by atoms with van der Waals surface area (Å²) >= 11 is 1.68. The highest BCUT2D eigenvalue weighted by Crippen LogP contribution is 2.35. The lowest BCUT2D eigenvalue weighted by atomic mass is 10.0. The van der Waals surface area contributed by atoms with Gasteiger partial charge in [0.25, 0.3) is 0 Å². The van der Waals surface area contributed by atoms with Crippen LogP contribution in [0.15, 0.2) is 16.8 Å². The van der Waals surface area contributed by atoms with Gasteiger partial charge < -0.3 is 9.80 Å². The molecule has 2 atom stereocenters. The Labute approximate surface area is 123 Å². The van der Waals surface area contributed by atoms with Gasteiger partial charge >= 0.3 is 0 Å². The number of thiophene rings is 1. The third-order valence-electron chi connectivity index (χ3n) is 4.41. The lowest BCUT2D eigenvalue weighted by Gasteiger charge is -2.27. The molecule has 1 aromatic heterocycles. The predicted octanol–water partition coefficient (Wildman–Crippen LogP) is 2.28. The Hall–Kier alpha value is -1.36. The SMILES string of the molecule is CCN1C[C@@H](C(=O)N2CCC[C@@H]2c2ccsc2)CC1=O. The quantitative estimate of drug-likeness (QED) is 0.857. The predicted molar refractivity (Wildman–Crippen MR) is 78.4 cm³/mol. The smallest absolute Gasteiger partial charge is 0.228 e. The second-order valence-electron chi connectivity index (χ2n) is 5.58. The Morgan fingerprint density at radius 3 is 3.00 bits per heavy atom. The first-order valence-corrected chi connectivity index (χ1v) is 8.25. The number of carbonyl (C=O) groups excluding carboxylic acids is 2. The van der Waals surface area contributed by atoms with Gasteiger partial charge in [0.1, 0.15) is 0 Å². The zero-order valence-corrected chi connectivity index (χ0v) is 12.6. The van der Waals surface area contributed by atoms with Crippen molar-refractivity contribution in [2.45, 2.75) is 32.2 Å². The minimum absolute atomic E-state index is 0.122. The molecule has 2 saturated heterocycles. The number of likely N-dealkylation sites (tertiary alicyclic amines) is 2. The van der Waals surface area contributed by atoms with Crippen LogP contribution in [0.3, 0.4) is 0 Å². The second kappa shape index (κ2) is 5.56. The minimum atomic E-state index is -0.137. The van der Waals surface area contributed by atoms with Gasteiger partial charge in [0, 0.05) is 26.1 Å². The van der Waals surface area contributed by atoms with E-state index in [-0.39, 0.29) is 23.8 Å². The first-order chi connectivity index (χ1) is 9.70. The van der Waals surface area contributed by atoms with E-state index in [4.69, 9.17) is 0 Å². The highest BCUT2D eigenvalue weighted by atomic mass is 32.1. The Morgan fingerprint density at radius 1 is 1.50 bits per heavy atom. The summed E-state index contributed by atoms with van der Waals surface area (Å²) in [5.74, 6) is 0.154. The van der Waals surface area contributed by atoms with E-state index in [2.05, 4.69) is 16.8 Å². The zero-order chi connectivity index (χ0) is 14.1. The van der Waals surface area contributed by atoms with Gasteiger partial charge in [-0.05, 0) is 42.2 Å². The first kappa shape index (κ1) is 13.6. The molecular weight excluding hydrogens is 272 g/mol. The molecule has 2 amide bonds. The van der Waals surface area contributed by atoms with Crippen LogP contribution in [0.5, 0.6) is 0 Å². The molecule has 2 aliphatic heterocycles. The highest BCUT2D eigenvalue weighted by molar-refractivity contribution is 7.07. The van der Waals surface area contributed by atoms with Gasteiger partial charge in [-0.3, -0.25) is 9.59 Å². The lowest BCUT2D eigenvalue weighted by molar-refractivity contribution is -0.136. The van der Waals surface area contributed by atoms with Crippen LogP contribution in [-0.2, 0) is 9.59 Å². The Morgan fingerprint density at radius 2 is 2.35 bits per heavy atom. The number of amides is 2. The van der Waals surface area contributed by atoms with Crippen LogP contribution in [0.25, 0.3) is 0 Å². The average Bonchev–Trinajstić information content (AvgIpc) is 3.17. The summed E-state index contributed by atoms with van der Waals surface area (Å²) in [6.45, 7) is 4.10. The van der Waals surface area contributed by atoms with Gasteiger partial charge in [-0.25, -0.2) is 0 Å². The molecule has 108 valence electrons. The third-order valence-corrected chi connectivity index (χ3v) is 5.11. The van der Waals surface area contributed by atoms with Gasteiger partial charge in [-0.15, -0.1) is 0 Å². The molecule has 0 unspecified atom stereocenters. The van der Waals surface area contributed by atoms with Crippen LogP contribution >= 0.6 is 11.3 Å². The van der Waals surface area contributed by atoms with Crippen LogP contribution in [0.4, 0.5) is 0 Å². The van der Waals surface area contributed by atoms with E-state index in [1.54, 1.807) is 16.2 Å². The van der Waals surface area contributed by atoms with Crippen LogP contribution in [0.2, 0.25) is 0 Å². The number of rotatable bonds is 3. The maximum atomic E-state index is 12.7. The molecule has 4 nitrogen and oxygen atoms in total. The molecule has 1 aromatic rings. The third kappa shape index (κ3) is 2.35. The Bertz CT molecular complexity index is 500. The van der Waals surface area contributed by atoms with E-state index in [1.165, 1.54) is 5.56 Å². The van der Waals surface area contributed by atoms with Crippen LogP contribution in [0.1, 0.15) is 37.8 Å². The van der Waals surface area contributed by atoms with Crippen molar-refractivity contribution >= 4 is 23.2 Å². The van der Waals surface area contributed by atoms with Gasteiger partial charge in [-0.2, -0.15) is 11.3 Å². The molecule has 0 spiro atoms. The van der Waals surface area contributed by atoms with Crippen LogP contribution in [0, 0.1) is 5.92 Å². The zero-order valence-electron chi connectivity index (χ0n) is 11.7. The molecule has 3 heterocycles. The van der Waals surface area contributed by atoms with Crippen LogP contribution in [-0.4, -0.2) is 41.2 Å². The maximum absolute atomic E-state index is 12.7. The van der Waals surface area contributed by atoms with Gasteiger partial charge in [0.05, 0.1) is 12.0 Å². The van der Waals surface area contributed by atoms with Crippen molar-refractivity contribution in [2.24, 2.45) is 5.92 Å². The molecule has 0 radical (unpaired) electrons. The topological polar surface area (TPSA) is 40.6 Å². The van der Waals surface area contributed by atoms with Crippen molar-refractivity contribution in [1.82, 2.24) is 9.80 Å². The minimum Gasteiger partial charge on any atom is -0.342 e. The Balaban J connectivity index is 1.72. The maximum Gasteiger partial charge on any atom is 0.228 e. The molecule has 2 aliphatic rings. The summed E-state index contributed by atoms with van der Waals surface area (Å²) in [6, 6.07) is 2.33. The fourth-order valence-electron chi connectivity index (χ4n) is 3.32. The van der Waals surface area contributed by atoms with Crippen molar-refractivity contribution in [3.8, 4) is 0 Å². The molecule has 3 rings (SSSR count). The molecule has 0 aromatic carbocycles. The summed E-state index contributed by atoms with van der Waals surface area (Å²) in [5.41, 5.74) is 1.25. The summed E-state index contributed by atoms with van der Waals surface area (Å²) in [5, 5.41) is 4.20. The van der Waals surface area contributed by atoms with Crippen LogP contribution < -0.4 is 0 Å². The molecule has 0 saturated carbocycles. The van der Waals surface area contributed by atoms with E-state index in [1.807, 2.05) is 11.8 Å². The van der Waals surface area contributed by atoms with Gasteiger partial charge in [-0.1, -0.05) is 0 Å². The van der Waals surface area contributed by atoms with Crippen molar-refractivity contribution in [3.63, 3.8) is 0 Å². The number of hydrogen-bond acceptors (Lipinski definition) is 3. The summed E-state index contributed by atoms with van der Waals surface area (Å²) in [6.07, 6.45) is 2.49. The normalized spacial score (nSPS) is 26.6. The summed E-state index contributed by atoms with van der Waals surface area (Å²) < 4.78 is 0. The fraction of sp³-hybridized carbons (Fsp3) is 0.600. The molecular formula is C15H20N2O2S. The van der Waals surface area contributed by atoms with Gasteiger partial charge in [0.15, 0.2) is 0 Å². The standard InChI is InChI=1S/C15H20N2O2S/c1-2-16-9-12(8-14(16)18)15(19)17-6-3-4-13(17)11-5-7-20-10-11/h5,7,10,12-13H,2-4,6,8-9H2,1H3/t12-,13+/m0/s1. The Kier molecular flexibility index (Phi) is 3.78. The summed E-state index contributed by atoms with van der Waals surface area (Å²) in [7, 11) is 0. The van der Waals surface area contributed by atoms with E-state index < -0.39 is 0 Å². The fourth-order valence-corrected chi connectivity index (χ4v) is 4.03. The van der Waals surface area contributed by atoms with Crippen molar-refractivity contribution < 1.29 is 9.59 Å². The van der Waals surface area contributed by atoms with E-state index in [0.29, 0.717) is 19.5 Å². The molecule has 5 heteroatoms. The second-order valence-corrected chi connectivity index (χ2v) is 6.36. The molecule has 20 heavy (non-hydrogen) atoms. The molecule has 0 bridgehead atoms. The largest absolute Gasteiger partial charge is 0.342 e. The first-order valence-electron chi connectivity index (χ1n) is 7.31. The van der Waals surface area contributed by atoms with E-state index in [9.17, 15) is 9.59 Å². The molecule has 0 N–H and O–H groups in total. The molecule has 2 fully saturated rings. The number of carbonyl (C=O) groups is 2. The number of nitrogens with zero attached hydrogens (tertiary/aromatic N) is 2. The monoisotopic (exact) mass is 292 g/mol. The molecule has 0 aliphatic carbocycles. The van der Waals surface area contributed by atoms with E-state index in [0.717, 1.165) is 19.4 Å². The van der Waals surface area contributed by atoms with E-state index >= 15 is 0 Å².